The van der Waals surface area contributed by atoms with Crippen LogP contribution in [0.2, 0.25) is 0 Å². The summed E-state index contributed by atoms with van der Waals surface area (Å²) in [6.45, 7) is 0.235. The van der Waals surface area contributed by atoms with Crippen molar-refractivity contribution < 1.29 is 9.59 Å². The largest absolute Gasteiger partial charge is 0.337 e. The maximum Gasteiger partial charge on any atom is 0.319 e. The molecule has 3 N–H and O–H groups in total. The van der Waals surface area contributed by atoms with Gasteiger partial charge in [-0.2, -0.15) is 0 Å². The predicted molar refractivity (Wildman–Crippen MR) is 91.1 cm³/mol. The molecule has 0 aliphatic rings. The van der Waals surface area contributed by atoms with Gasteiger partial charge in [-0.25, -0.2) is 4.79 Å². The minimum Gasteiger partial charge on any atom is -0.337 e. The number of hydrogen-bond acceptors (Lipinski definition) is 2. The second kappa shape index (κ2) is 8.25. The molecular weight excluding hydrogens is 290 g/mol. The Bertz CT molecular complexity index is 721. The molecule has 0 radical (unpaired) electrons. The van der Waals surface area contributed by atoms with Gasteiger partial charge in [-0.1, -0.05) is 30.2 Å². The van der Waals surface area contributed by atoms with E-state index in [1.165, 1.54) is 0 Å². The van der Waals surface area contributed by atoms with Crippen LogP contribution < -0.4 is 16.0 Å². The zero-order valence-electron chi connectivity index (χ0n) is 12.5. The number of rotatable bonds is 5. The maximum absolute atomic E-state index is 11.8. The lowest BCUT2D eigenvalue weighted by atomic mass is 10.2. The first-order chi connectivity index (χ1) is 11.2. The molecule has 0 fully saturated rings. The van der Waals surface area contributed by atoms with E-state index in [1.54, 1.807) is 36.4 Å². The molecule has 5 nitrogen and oxygen atoms in total. The van der Waals surface area contributed by atoms with Gasteiger partial charge in [-0.3, -0.25) is 4.79 Å². The van der Waals surface area contributed by atoms with Gasteiger partial charge in [-0.15, -0.1) is 6.42 Å². The van der Waals surface area contributed by atoms with E-state index < -0.39 is 0 Å². The normalized spacial score (nSPS) is 9.52. The zero-order valence-corrected chi connectivity index (χ0v) is 12.5. The highest BCUT2D eigenvalue weighted by Crippen LogP contribution is 2.09. The smallest absolute Gasteiger partial charge is 0.319 e. The Labute approximate surface area is 135 Å². The van der Waals surface area contributed by atoms with Gasteiger partial charge in [0.05, 0.1) is 0 Å². The van der Waals surface area contributed by atoms with E-state index in [-0.39, 0.29) is 24.9 Å². The van der Waals surface area contributed by atoms with Crippen LogP contribution in [0.15, 0.2) is 54.6 Å². The van der Waals surface area contributed by atoms with Gasteiger partial charge in [0.1, 0.15) is 0 Å². The van der Waals surface area contributed by atoms with Crippen molar-refractivity contribution >= 4 is 23.3 Å². The van der Waals surface area contributed by atoms with Crippen molar-refractivity contribution in [2.75, 3.05) is 17.2 Å². The standard InChI is InChI=1S/C18H17N3O2/c1-2-14-7-6-10-16(13-14)20-17(22)11-12-19-18(23)21-15-8-4-3-5-9-15/h1,3-10,13H,11-12H2,(H,20,22)(H2,19,21,23). The van der Waals surface area contributed by atoms with Crippen LogP contribution in [0, 0.1) is 12.3 Å². The summed E-state index contributed by atoms with van der Waals surface area (Å²) in [6.07, 6.45) is 5.48. The molecule has 116 valence electrons. The number of benzene rings is 2. The maximum atomic E-state index is 11.8. The van der Waals surface area contributed by atoms with Crippen molar-refractivity contribution in [3.05, 3.63) is 60.2 Å². The van der Waals surface area contributed by atoms with Crippen molar-refractivity contribution in [3.8, 4) is 12.3 Å². The van der Waals surface area contributed by atoms with Gasteiger partial charge in [0, 0.05) is 29.9 Å². The summed E-state index contributed by atoms with van der Waals surface area (Å²) >= 11 is 0. The molecule has 2 aromatic carbocycles. The van der Waals surface area contributed by atoms with Crippen LogP contribution in [0.4, 0.5) is 16.2 Å². The first kappa shape index (κ1) is 16.1. The number of hydrogen-bond donors (Lipinski definition) is 3. The third-order valence-corrected chi connectivity index (χ3v) is 2.98. The van der Waals surface area contributed by atoms with Gasteiger partial charge >= 0.3 is 6.03 Å². The SMILES string of the molecule is C#Cc1cccc(NC(=O)CCNC(=O)Nc2ccccc2)c1. The topological polar surface area (TPSA) is 70.2 Å². The number of amides is 3. The molecule has 0 aromatic heterocycles. The van der Waals surface area contributed by atoms with E-state index >= 15 is 0 Å². The number of carbonyl (C=O) groups is 2. The first-order valence-electron chi connectivity index (χ1n) is 7.14. The van der Waals surface area contributed by atoms with Crippen molar-refractivity contribution in [1.82, 2.24) is 5.32 Å². The highest BCUT2D eigenvalue weighted by atomic mass is 16.2. The van der Waals surface area contributed by atoms with Crippen LogP contribution in [-0.4, -0.2) is 18.5 Å². The predicted octanol–water partition coefficient (Wildman–Crippen LogP) is 2.82. The monoisotopic (exact) mass is 307 g/mol. The van der Waals surface area contributed by atoms with Gasteiger partial charge < -0.3 is 16.0 Å². The average Bonchev–Trinajstić information content (AvgIpc) is 2.56. The van der Waals surface area contributed by atoms with Crippen molar-refractivity contribution in [3.63, 3.8) is 0 Å². The Hall–Kier alpha value is -3.26. The summed E-state index contributed by atoms with van der Waals surface area (Å²) in [6, 6.07) is 15.8. The van der Waals surface area contributed by atoms with Crippen molar-refractivity contribution in [1.29, 1.82) is 0 Å². The molecule has 5 heteroatoms. The number of terminal acetylenes is 1. The average molecular weight is 307 g/mol. The number of urea groups is 1. The Morgan fingerprint density at radius 1 is 0.957 bits per heavy atom. The van der Waals surface area contributed by atoms with Gasteiger partial charge in [0.15, 0.2) is 0 Å². The lowest BCUT2D eigenvalue weighted by Gasteiger charge is -2.08. The molecule has 2 aromatic rings. The molecule has 0 aliphatic heterocycles. The third kappa shape index (κ3) is 5.56. The summed E-state index contributed by atoms with van der Waals surface area (Å²) in [5.41, 5.74) is 2.03. The third-order valence-electron chi connectivity index (χ3n) is 2.98. The molecule has 0 saturated carbocycles. The highest BCUT2D eigenvalue weighted by Gasteiger charge is 2.05. The lowest BCUT2D eigenvalue weighted by molar-refractivity contribution is -0.116. The summed E-state index contributed by atoms with van der Waals surface area (Å²) in [5.74, 6) is 2.31. The first-order valence-corrected chi connectivity index (χ1v) is 7.14. The quantitative estimate of drug-likeness (QED) is 0.743. The minimum absolute atomic E-state index is 0.169. The van der Waals surface area contributed by atoms with E-state index in [0.717, 1.165) is 0 Å². The van der Waals surface area contributed by atoms with Crippen molar-refractivity contribution in [2.45, 2.75) is 6.42 Å². The molecule has 23 heavy (non-hydrogen) atoms. The van der Waals surface area contributed by atoms with Gasteiger partial charge in [-0.05, 0) is 30.3 Å². The van der Waals surface area contributed by atoms with E-state index in [0.29, 0.717) is 16.9 Å². The van der Waals surface area contributed by atoms with E-state index in [2.05, 4.69) is 21.9 Å². The molecule has 0 saturated heterocycles. The van der Waals surface area contributed by atoms with Crippen LogP contribution in [0.5, 0.6) is 0 Å². The van der Waals surface area contributed by atoms with Crippen LogP contribution >= 0.6 is 0 Å². The van der Waals surface area contributed by atoms with Crippen LogP contribution in [0.25, 0.3) is 0 Å². The molecule has 0 aliphatic carbocycles. The fourth-order valence-electron chi connectivity index (χ4n) is 1.90. The lowest BCUT2D eigenvalue weighted by Crippen LogP contribution is -2.31. The van der Waals surface area contributed by atoms with Crippen LogP contribution in [0.1, 0.15) is 12.0 Å². The number of carbonyl (C=O) groups excluding carboxylic acids is 2. The molecule has 0 bridgehead atoms. The summed E-state index contributed by atoms with van der Waals surface area (Å²) in [7, 11) is 0. The van der Waals surface area contributed by atoms with E-state index in [1.807, 2.05) is 18.2 Å². The summed E-state index contributed by atoms with van der Waals surface area (Å²) < 4.78 is 0. The number of nitrogens with one attached hydrogen (secondary N) is 3. The summed E-state index contributed by atoms with van der Waals surface area (Å²) in [4.78, 5) is 23.5. The number of anilines is 2. The van der Waals surface area contributed by atoms with E-state index in [4.69, 9.17) is 6.42 Å². The fourth-order valence-corrected chi connectivity index (χ4v) is 1.90. The number of para-hydroxylation sites is 1. The molecular formula is C18H17N3O2. The molecule has 0 heterocycles. The van der Waals surface area contributed by atoms with E-state index in [9.17, 15) is 9.59 Å². The highest BCUT2D eigenvalue weighted by molar-refractivity contribution is 5.92. The second-order valence-corrected chi connectivity index (χ2v) is 4.77. The summed E-state index contributed by atoms with van der Waals surface area (Å²) in [5, 5.41) is 8.04. The van der Waals surface area contributed by atoms with Crippen molar-refractivity contribution in [2.24, 2.45) is 0 Å². The Morgan fingerprint density at radius 3 is 2.43 bits per heavy atom. The Kier molecular flexibility index (Phi) is 5.78. The molecule has 0 atom stereocenters. The van der Waals surface area contributed by atoms with Gasteiger partial charge in [0.2, 0.25) is 5.91 Å². The van der Waals surface area contributed by atoms with Crippen LogP contribution in [-0.2, 0) is 4.79 Å². The van der Waals surface area contributed by atoms with Gasteiger partial charge in [0.25, 0.3) is 0 Å². The Morgan fingerprint density at radius 2 is 1.70 bits per heavy atom. The minimum atomic E-state index is -0.349. The second-order valence-electron chi connectivity index (χ2n) is 4.77. The zero-order chi connectivity index (χ0) is 16.5. The molecule has 0 spiro atoms. The molecule has 2 rings (SSSR count). The Balaban J connectivity index is 1.72. The molecule has 0 unspecified atom stereocenters. The molecule has 3 amide bonds. The fraction of sp³-hybridized carbons (Fsp3) is 0.111. The van der Waals surface area contributed by atoms with Crippen LogP contribution in [0.3, 0.4) is 0 Å².